The van der Waals surface area contributed by atoms with Crippen molar-refractivity contribution in [1.82, 2.24) is 0 Å². The van der Waals surface area contributed by atoms with E-state index in [1.807, 2.05) is 0 Å². The van der Waals surface area contributed by atoms with E-state index in [-0.39, 0.29) is 0 Å². The van der Waals surface area contributed by atoms with E-state index in [9.17, 15) is 0 Å². The Kier molecular flexibility index (Phi) is 15.0. The van der Waals surface area contributed by atoms with Gasteiger partial charge in [0.05, 0.1) is 0 Å². The predicted molar refractivity (Wildman–Crippen MR) is 141 cm³/mol. The lowest BCUT2D eigenvalue weighted by molar-refractivity contribution is 0.534. The molecule has 0 nitrogen and oxygen atoms in total. The first kappa shape index (κ1) is 25.7. The summed E-state index contributed by atoms with van der Waals surface area (Å²) < 4.78 is 0. The summed E-state index contributed by atoms with van der Waals surface area (Å²) >= 11 is 0. The molecular weight excluding hydrogens is 372 g/mol. The van der Waals surface area contributed by atoms with E-state index in [4.69, 9.17) is 0 Å². The topological polar surface area (TPSA) is 0 Å². The number of aryl methyl sites for hydroxylation is 1. The van der Waals surface area contributed by atoms with E-state index >= 15 is 0 Å². The first-order valence-electron chi connectivity index (χ1n) is 13.5. The first-order chi connectivity index (χ1) is 15.4. The fourth-order valence-corrected chi connectivity index (χ4v) is 4.61. The molecule has 2 aromatic carbocycles. The monoisotopic (exact) mass is 420 g/mol. The van der Waals surface area contributed by atoms with Gasteiger partial charge in [0, 0.05) is 0 Å². The molecule has 0 bridgehead atoms. The highest BCUT2D eigenvalue weighted by Gasteiger charge is 2.00. The van der Waals surface area contributed by atoms with Crippen molar-refractivity contribution in [3.8, 4) is 0 Å². The largest absolute Gasteiger partial charge is 0.0885 e. The molecule has 0 spiro atoms. The third-order valence-electron chi connectivity index (χ3n) is 6.57. The van der Waals surface area contributed by atoms with Gasteiger partial charge in [-0.3, -0.25) is 0 Å². The quantitative estimate of drug-likeness (QED) is 0.156. The SMILES string of the molecule is CCC/C=C/CCCCCCCCCCCCCCCCc1cccc2ccccc12. The van der Waals surface area contributed by atoms with Gasteiger partial charge in [-0.25, -0.2) is 0 Å². The van der Waals surface area contributed by atoms with Crippen molar-refractivity contribution in [3.63, 3.8) is 0 Å². The minimum absolute atomic E-state index is 1.23. The molecule has 0 saturated heterocycles. The van der Waals surface area contributed by atoms with Crippen LogP contribution < -0.4 is 0 Å². The summed E-state index contributed by atoms with van der Waals surface area (Å²) in [6.45, 7) is 2.25. The van der Waals surface area contributed by atoms with Gasteiger partial charge in [0.15, 0.2) is 0 Å². The highest BCUT2D eigenvalue weighted by atomic mass is 14.1. The van der Waals surface area contributed by atoms with E-state index in [1.54, 1.807) is 0 Å². The van der Waals surface area contributed by atoms with Crippen molar-refractivity contribution in [2.45, 2.75) is 122 Å². The Bertz CT molecular complexity index is 691. The van der Waals surface area contributed by atoms with Gasteiger partial charge >= 0.3 is 0 Å². The number of rotatable bonds is 19. The minimum Gasteiger partial charge on any atom is -0.0885 e. The van der Waals surface area contributed by atoms with Crippen LogP contribution in [0.15, 0.2) is 54.6 Å². The highest BCUT2D eigenvalue weighted by Crippen LogP contribution is 2.21. The van der Waals surface area contributed by atoms with E-state index in [0.29, 0.717) is 0 Å². The zero-order valence-corrected chi connectivity index (χ0v) is 20.4. The molecule has 0 fully saturated rings. The van der Waals surface area contributed by atoms with Crippen molar-refractivity contribution in [3.05, 3.63) is 60.2 Å². The van der Waals surface area contributed by atoms with Crippen LogP contribution in [0, 0.1) is 0 Å². The lowest BCUT2D eigenvalue weighted by atomic mass is 9.99. The number of hydrogen-bond donors (Lipinski definition) is 0. The van der Waals surface area contributed by atoms with E-state index in [0.717, 1.165) is 0 Å². The van der Waals surface area contributed by atoms with Crippen molar-refractivity contribution >= 4 is 10.8 Å². The van der Waals surface area contributed by atoms with Gasteiger partial charge < -0.3 is 0 Å². The van der Waals surface area contributed by atoms with Gasteiger partial charge in [-0.05, 0) is 48.4 Å². The third-order valence-corrected chi connectivity index (χ3v) is 6.57. The van der Waals surface area contributed by atoms with Gasteiger partial charge in [-0.2, -0.15) is 0 Å². The molecule has 0 N–H and O–H groups in total. The smallest absolute Gasteiger partial charge is 0.0152 e. The molecular formula is C31H48. The molecule has 0 saturated carbocycles. The first-order valence-corrected chi connectivity index (χ1v) is 13.5. The standard InChI is InChI=1S/C31H48/c1-2-3-4-5-6-7-8-9-10-11-12-13-14-15-16-17-18-19-20-24-29-26-23-27-30-25-21-22-28-31(29)30/h4-5,21-23,25-28H,2-3,6-20,24H2,1H3/b5-4+. The molecule has 0 heterocycles. The van der Waals surface area contributed by atoms with Crippen molar-refractivity contribution in [2.24, 2.45) is 0 Å². The molecule has 0 aliphatic carbocycles. The van der Waals surface area contributed by atoms with Gasteiger partial charge in [0.25, 0.3) is 0 Å². The second-order valence-electron chi connectivity index (χ2n) is 9.39. The highest BCUT2D eigenvalue weighted by molar-refractivity contribution is 5.85. The Hall–Kier alpha value is -1.56. The van der Waals surface area contributed by atoms with Gasteiger partial charge in [0.1, 0.15) is 0 Å². The van der Waals surface area contributed by atoms with Crippen LogP contribution >= 0.6 is 0 Å². The van der Waals surface area contributed by atoms with Crippen LogP contribution in [0.5, 0.6) is 0 Å². The number of unbranched alkanes of at least 4 members (excludes halogenated alkanes) is 15. The maximum absolute atomic E-state index is 2.38. The molecule has 2 aromatic rings. The molecule has 2 rings (SSSR count). The second kappa shape index (κ2) is 18.1. The summed E-state index contributed by atoms with van der Waals surface area (Å²) in [5.41, 5.74) is 1.53. The molecule has 0 aliphatic rings. The molecule has 0 atom stereocenters. The van der Waals surface area contributed by atoms with Crippen LogP contribution in [0.25, 0.3) is 10.8 Å². The van der Waals surface area contributed by atoms with Gasteiger partial charge in [0.2, 0.25) is 0 Å². The predicted octanol–water partition coefficient (Wildman–Crippen LogP) is 10.6. The number of fused-ring (bicyclic) bond motifs is 1. The zero-order chi connectivity index (χ0) is 21.8. The van der Waals surface area contributed by atoms with E-state index in [2.05, 4.69) is 61.5 Å². The average molecular weight is 421 g/mol. The Balaban J connectivity index is 1.33. The fourth-order valence-electron chi connectivity index (χ4n) is 4.61. The average Bonchev–Trinajstić information content (AvgIpc) is 2.80. The molecule has 172 valence electrons. The molecule has 0 radical (unpaired) electrons. The lowest BCUT2D eigenvalue weighted by Gasteiger charge is -2.07. The maximum Gasteiger partial charge on any atom is -0.0152 e. The summed E-state index contributed by atoms with van der Waals surface area (Å²) in [4.78, 5) is 0. The van der Waals surface area contributed by atoms with Crippen LogP contribution in [0.2, 0.25) is 0 Å². The minimum atomic E-state index is 1.23. The Morgan fingerprint density at radius 1 is 0.516 bits per heavy atom. The van der Waals surface area contributed by atoms with Crippen molar-refractivity contribution in [2.75, 3.05) is 0 Å². The van der Waals surface area contributed by atoms with Crippen LogP contribution in [-0.4, -0.2) is 0 Å². The zero-order valence-electron chi connectivity index (χ0n) is 20.4. The number of benzene rings is 2. The number of hydrogen-bond acceptors (Lipinski definition) is 0. The molecule has 0 heteroatoms. The van der Waals surface area contributed by atoms with Crippen molar-refractivity contribution < 1.29 is 0 Å². The van der Waals surface area contributed by atoms with Crippen LogP contribution in [-0.2, 0) is 6.42 Å². The summed E-state index contributed by atoms with van der Waals surface area (Å²) in [5.74, 6) is 0. The van der Waals surface area contributed by atoms with E-state index in [1.165, 1.54) is 132 Å². The summed E-state index contributed by atoms with van der Waals surface area (Å²) in [5, 5.41) is 2.83. The Labute approximate surface area is 193 Å². The van der Waals surface area contributed by atoms with Crippen LogP contribution in [0.3, 0.4) is 0 Å². The molecule has 0 aliphatic heterocycles. The Morgan fingerprint density at radius 3 is 1.68 bits per heavy atom. The van der Waals surface area contributed by atoms with Gasteiger partial charge in [-0.1, -0.05) is 145 Å². The lowest BCUT2D eigenvalue weighted by Crippen LogP contribution is -1.88. The Morgan fingerprint density at radius 2 is 1.03 bits per heavy atom. The van der Waals surface area contributed by atoms with Crippen LogP contribution in [0.4, 0.5) is 0 Å². The third kappa shape index (κ3) is 12.2. The summed E-state index contributed by atoms with van der Waals surface area (Å²) in [6.07, 6.45) is 29.8. The van der Waals surface area contributed by atoms with Crippen LogP contribution in [0.1, 0.15) is 122 Å². The molecule has 0 amide bonds. The normalized spacial score (nSPS) is 11.6. The second-order valence-corrected chi connectivity index (χ2v) is 9.39. The summed E-state index contributed by atoms with van der Waals surface area (Å²) in [7, 11) is 0. The van der Waals surface area contributed by atoms with Crippen molar-refractivity contribution in [1.29, 1.82) is 0 Å². The summed E-state index contributed by atoms with van der Waals surface area (Å²) in [6, 6.07) is 15.6. The maximum atomic E-state index is 2.38. The molecule has 0 unspecified atom stereocenters. The van der Waals surface area contributed by atoms with E-state index < -0.39 is 0 Å². The molecule has 31 heavy (non-hydrogen) atoms. The van der Waals surface area contributed by atoms with Gasteiger partial charge in [-0.15, -0.1) is 0 Å². The number of allylic oxidation sites excluding steroid dienone is 2. The molecule has 0 aromatic heterocycles. The fraction of sp³-hybridized carbons (Fsp3) is 0.613.